The van der Waals surface area contributed by atoms with Crippen molar-refractivity contribution in [2.75, 3.05) is 13.2 Å². The average Bonchev–Trinajstić information content (AvgIpc) is 2.23. The quantitative estimate of drug-likeness (QED) is 0.755. The van der Waals surface area contributed by atoms with E-state index in [9.17, 15) is 4.39 Å². The summed E-state index contributed by atoms with van der Waals surface area (Å²) < 4.78 is 18.8. The Morgan fingerprint density at radius 1 is 1.50 bits per heavy atom. The molecule has 3 nitrogen and oxygen atoms in total. The second-order valence-corrected chi connectivity index (χ2v) is 3.85. The van der Waals surface area contributed by atoms with Crippen LogP contribution in [0.4, 0.5) is 4.39 Å². The van der Waals surface area contributed by atoms with Gasteiger partial charge in [0.1, 0.15) is 11.6 Å². The van der Waals surface area contributed by atoms with Gasteiger partial charge in [0, 0.05) is 24.6 Å². The molecule has 1 aromatic rings. The molecule has 0 fully saturated rings. The number of rotatable bonds is 5. The van der Waals surface area contributed by atoms with Gasteiger partial charge in [-0.1, -0.05) is 0 Å². The molecule has 0 aliphatic rings. The summed E-state index contributed by atoms with van der Waals surface area (Å²) in [5, 5.41) is 8.66. The molecule has 1 atom stereocenters. The molecule has 0 aliphatic heterocycles. The first-order chi connectivity index (χ1) is 7.56. The maximum atomic E-state index is 13.4. The van der Waals surface area contributed by atoms with Crippen LogP contribution in [0.2, 0.25) is 0 Å². The normalized spacial score (nSPS) is 12.6. The molecule has 0 saturated carbocycles. The van der Waals surface area contributed by atoms with E-state index in [1.165, 1.54) is 6.07 Å². The van der Waals surface area contributed by atoms with Crippen molar-refractivity contribution in [2.45, 2.75) is 26.3 Å². The minimum Gasteiger partial charge on any atom is -0.493 e. The Morgan fingerprint density at radius 3 is 2.75 bits per heavy atom. The summed E-state index contributed by atoms with van der Waals surface area (Å²) in [6.07, 6.45) is 0.550. The predicted octanol–water partition coefficient (Wildman–Crippen LogP) is 1.92. The summed E-state index contributed by atoms with van der Waals surface area (Å²) in [6, 6.07) is 2.78. The topological polar surface area (TPSA) is 55.5 Å². The SMILES string of the molecule is Cc1cc(OCCCO)c(C(C)N)cc1F. The van der Waals surface area contributed by atoms with Crippen molar-refractivity contribution in [1.82, 2.24) is 0 Å². The van der Waals surface area contributed by atoms with E-state index in [0.29, 0.717) is 29.9 Å². The fraction of sp³-hybridized carbons (Fsp3) is 0.500. The monoisotopic (exact) mass is 227 g/mol. The van der Waals surface area contributed by atoms with Crippen molar-refractivity contribution in [3.05, 3.63) is 29.1 Å². The summed E-state index contributed by atoms with van der Waals surface area (Å²) >= 11 is 0. The van der Waals surface area contributed by atoms with Gasteiger partial charge < -0.3 is 15.6 Å². The molecule has 0 aliphatic carbocycles. The molecule has 1 aromatic carbocycles. The van der Waals surface area contributed by atoms with Gasteiger partial charge >= 0.3 is 0 Å². The number of benzene rings is 1. The van der Waals surface area contributed by atoms with E-state index in [0.717, 1.165) is 0 Å². The second-order valence-electron chi connectivity index (χ2n) is 3.85. The first-order valence-electron chi connectivity index (χ1n) is 5.35. The number of aliphatic hydroxyl groups excluding tert-OH is 1. The van der Waals surface area contributed by atoms with E-state index in [4.69, 9.17) is 15.6 Å². The second kappa shape index (κ2) is 5.82. The predicted molar refractivity (Wildman–Crippen MR) is 60.9 cm³/mol. The Balaban J connectivity index is 2.91. The lowest BCUT2D eigenvalue weighted by atomic mass is 10.1. The summed E-state index contributed by atoms with van der Waals surface area (Å²) in [4.78, 5) is 0. The van der Waals surface area contributed by atoms with Crippen molar-refractivity contribution in [3.63, 3.8) is 0 Å². The molecule has 1 rings (SSSR count). The van der Waals surface area contributed by atoms with E-state index in [1.54, 1.807) is 19.9 Å². The molecule has 0 radical (unpaired) electrons. The number of hydrogen-bond donors (Lipinski definition) is 2. The molecular formula is C12H18FNO2. The Morgan fingerprint density at radius 2 is 2.19 bits per heavy atom. The lowest BCUT2D eigenvalue weighted by Gasteiger charge is -2.15. The molecule has 0 heterocycles. The maximum absolute atomic E-state index is 13.4. The number of ether oxygens (including phenoxy) is 1. The van der Waals surface area contributed by atoms with Crippen LogP contribution in [0.1, 0.15) is 30.5 Å². The van der Waals surface area contributed by atoms with Crippen LogP contribution in [0.25, 0.3) is 0 Å². The number of hydrogen-bond acceptors (Lipinski definition) is 3. The summed E-state index contributed by atoms with van der Waals surface area (Å²) in [7, 11) is 0. The van der Waals surface area contributed by atoms with Gasteiger partial charge in [-0.3, -0.25) is 0 Å². The lowest BCUT2D eigenvalue weighted by Crippen LogP contribution is -2.10. The standard InChI is InChI=1S/C12H18FNO2/c1-8-6-12(16-5-3-4-15)10(9(2)14)7-11(8)13/h6-7,9,15H,3-5,14H2,1-2H3. The molecule has 1 unspecified atom stereocenters. The average molecular weight is 227 g/mol. The zero-order valence-corrected chi connectivity index (χ0v) is 9.66. The van der Waals surface area contributed by atoms with Crippen LogP contribution < -0.4 is 10.5 Å². The first kappa shape index (κ1) is 12.9. The molecule has 0 aromatic heterocycles. The Bertz CT molecular complexity index is 353. The van der Waals surface area contributed by atoms with Crippen LogP contribution >= 0.6 is 0 Å². The number of halogens is 1. The summed E-state index contributed by atoms with van der Waals surface area (Å²) in [5.74, 6) is 0.323. The van der Waals surface area contributed by atoms with E-state index < -0.39 is 0 Å². The van der Waals surface area contributed by atoms with E-state index in [-0.39, 0.29) is 18.5 Å². The van der Waals surface area contributed by atoms with E-state index in [1.807, 2.05) is 0 Å². The first-order valence-corrected chi connectivity index (χ1v) is 5.35. The van der Waals surface area contributed by atoms with Crippen LogP contribution in [-0.4, -0.2) is 18.3 Å². The van der Waals surface area contributed by atoms with Crippen LogP contribution in [0.5, 0.6) is 5.75 Å². The molecule has 3 N–H and O–H groups in total. The number of aliphatic hydroxyl groups is 1. The lowest BCUT2D eigenvalue weighted by molar-refractivity contribution is 0.232. The molecule has 0 bridgehead atoms. The van der Waals surface area contributed by atoms with Gasteiger partial charge in [-0.15, -0.1) is 0 Å². The van der Waals surface area contributed by atoms with E-state index >= 15 is 0 Å². The van der Waals surface area contributed by atoms with Crippen molar-refractivity contribution in [3.8, 4) is 5.75 Å². The molecule has 0 amide bonds. The molecule has 90 valence electrons. The maximum Gasteiger partial charge on any atom is 0.126 e. The van der Waals surface area contributed by atoms with Gasteiger partial charge in [-0.05, 0) is 31.5 Å². The fourth-order valence-electron chi connectivity index (χ4n) is 1.40. The van der Waals surface area contributed by atoms with Crippen LogP contribution in [0.15, 0.2) is 12.1 Å². The van der Waals surface area contributed by atoms with Crippen LogP contribution in [0, 0.1) is 12.7 Å². The Kier molecular flexibility index (Phi) is 4.71. The third-order valence-electron chi connectivity index (χ3n) is 2.34. The largest absolute Gasteiger partial charge is 0.493 e. The van der Waals surface area contributed by atoms with Gasteiger partial charge in [0.05, 0.1) is 6.61 Å². The number of aryl methyl sites for hydroxylation is 1. The summed E-state index contributed by atoms with van der Waals surface area (Å²) in [5.41, 5.74) is 6.93. The third kappa shape index (κ3) is 3.18. The highest BCUT2D eigenvalue weighted by atomic mass is 19.1. The van der Waals surface area contributed by atoms with E-state index in [2.05, 4.69) is 0 Å². The Labute approximate surface area is 95.0 Å². The van der Waals surface area contributed by atoms with Gasteiger partial charge in [0.2, 0.25) is 0 Å². The fourth-order valence-corrected chi connectivity index (χ4v) is 1.40. The van der Waals surface area contributed by atoms with Gasteiger partial charge in [0.15, 0.2) is 0 Å². The molecule has 16 heavy (non-hydrogen) atoms. The summed E-state index contributed by atoms with van der Waals surface area (Å²) in [6.45, 7) is 3.94. The zero-order valence-electron chi connectivity index (χ0n) is 9.66. The highest BCUT2D eigenvalue weighted by molar-refractivity contribution is 5.39. The molecule has 0 saturated heterocycles. The zero-order chi connectivity index (χ0) is 12.1. The molecule has 4 heteroatoms. The third-order valence-corrected chi connectivity index (χ3v) is 2.34. The van der Waals surface area contributed by atoms with Crippen molar-refractivity contribution in [1.29, 1.82) is 0 Å². The number of nitrogens with two attached hydrogens (primary N) is 1. The highest BCUT2D eigenvalue weighted by Crippen LogP contribution is 2.27. The van der Waals surface area contributed by atoms with Gasteiger partial charge in [0.25, 0.3) is 0 Å². The van der Waals surface area contributed by atoms with Crippen molar-refractivity contribution < 1.29 is 14.2 Å². The van der Waals surface area contributed by atoms with Crippen LogP contribution in [-0.2, 0) is 0 Å². The highest BCUT2D eigenvalue weighted by Gasteiger charge is 2.11. The Hall–Kier alpha value is -1.13. The smallest absolute Gasteiger partial charge is 0.126 e. The minimum atomic E-state index is -0.278. The van der Waals surface area contributed by atoms with Gasteiger partial charge in [-0.25, -0.2) is 4.39 Å². The molecular weight excluding hydrogens is 209 g/mol. The molecule has 0 spiro atoms. The van der Waals surface area contributed by atoms with Crippen molar-refractivity contribution in [2.24, 2.45) is 5.73 Å². The van der Waals surface area contributed by atoms with Crippen molar-refractivity contribution >= 4 is 0 Å². The minimum absolute atomic E-state index is 0.0771. The van der Waals surface area contributed by atoms with Gasteiger partial charge in [-0.2, -0.15) is 0 Å². The van der Waals surface area contributed by atoms with Crippen LogP contribution in [0.3, 0.4) is 0 Å².